The number of hydrogen-bond donors (Lipinski definition) is 2. The van der Waals surface area contributed by atoms with Crippen molar-refractivity contribution in [1.82, 2.24) is 4.40 Å². The number of pyridine rings is 1. The molecule has 0 amide bonds. The molecule has 5 nitrogen and oxygen atoms in total. The monoisotopic (exact) mass is 409 g/mol. The van der Waals surface area contributed by atoms with Crippen LogP contribution in [-0.4, -0.2) is 32.5 Å². The van der Waals surface area contributed by atoms with Crippen molar-refractivity contribution in [3.8, 4) is 11.3 Å². The predicted octanol–water partition coefficient (Wildman–Crippen LogP) is 4.68. The Morgan fingerprint density at radius 1 is 1.13 bits per heavy atom. The molecule has 1 atom stereocenters. The van der Waals surface area contributed by atoms with E-state index < -0.39 is 24.3 Å². The van der Waals surface area contributed by atoms with Gasteiger partial charge >= 0.3 is 5.97 Å². The van der Waals surface area contributed by atoms with E-state index in [1.807, 2.05) is 28.8 Å². The number of ketones is 1. The van der Waals surface area contributed by atoms with Crippen LogP contribution in [0.25, 0.3) is 22.9 Å². The number of carbonyl (C=O) groups is 2. The van der Waals surface area contributed by atoms with Gasteiger partial charge in [0.05, 0.1) is 11.8 Å². The Bertz CT molecular complexity index is 1100. The number of nitrogens with zero attached hydrogens (tertiary/aromatic N) is 1. The molecule has 1 unspecified atom stereocenters. The number of Topliss-reactive ketones (excluding diaryl/α,β-unsaturated/α-hetero) is 1. The molecule has 30 heavy (non-hydrogen) atoms. The molecule has 156 valence electrons. The molecule has 6 heteroatoms. The van der Waals surface area contributed by atoms with Gasteiger partial charge in [0.25, 0.3) is 0 Å². The third-order valence-electron chi connectivity index (χ3n) is 4.89. The van der Waals surface area contributed by atoms with Crippen molar-refractivity contribution in [3.05, 3.63) is 71.7 Å². The molecule has 0 spiro atoms. The number of aromatic nitrogens is 1. The standard InChI is InChI=1S/C24H24FNO4/c1-15(2)23-20(11-10-18(27)13-19(28)14-22(29)30)24(16-6-8-17(25)9-7-16)26-12-4-3-5-21(23)26/h3-12,15,18,27H,13-14H2,1-2H3,(H,29,30)/b11-10+. The Morgan fingerprint density at radius 2 is 1.83 bits per heavy atom. The molecule has 2 aromatic heterocycles. The van der Waals surface area contributed by atoms with Crippen LogP contribution in [0.5, 0.6) is 0 Å². The molecule has 0 radical (unpaired) electrons. The number of fused-ring (bicyclic) bond motifs is 1. The second-order valence-electron chi connectivity index (χ2n) is 7.53. The average Bonchev–Trinajstić information content (AvgIpc) is 3.00. The Balaban J connectivity index is 2.09. The van der Waals surface area contributed by atoms with Gasteiger partial charge in [0, 0.05) is 23.7 Å². The maximum absolute atomic E-state index is 13.5. The van der Waals surface area contributed by atoms with Gasteiger partial charge in [-0.05, 0) is 53.4 Å². The number of benzene rings is 1. The maximum atomic E-state index is 13.5. The van der Waals surface area contributed by atoms with Gasteiger partial charge in [-0.2, -0.15) is 0 Å². The van der Waals surface area contributed by atoms with Gasteiger partial charge in [0.1, 0.15) is 18.0 Å². The quantitative estimate of drug-likeness (QED) is 0.530. The molecular formula is C24H24FNO4. The molecule has 2 N–H and O–H groups in total. The van der Waals surface area contributed by atoms with Crippen LogP contribution >= 0.6 is 0 Å². The van der Waals surface area contributed by atoms with Gasteiger partial charge in [0.2, 0.25) is 0 Å². The van der Waals surface area contributed by atoms with E-state index in [1.165, 1.54) is 18.2 Å². The summed E-state index contributed by atoms with van der Waals surface area (Å²) in [6, 6.07) is 12.1. The van der Waals surface area contributed by atoms with Gasteiger partial charge in [-0.25, -0.2) is 4.39 Å². The summed E-state index contributed by atoms with van der Waals surface area (Å²) in [5.74, 6) is -1.91. The van der Waals surface area contributed by atoms with E-state index >= 15 is 0 Å². The van der Waals surface area contributed by atoms with E-state index in [4.69, 9.17) is 5.11 Å². The smallest absolute Gasteiger partial charge is 0.310 e. The Morgan fingerprint density at radius 3 is 2.47 bits per heavy atom. The third kappa shape index (κ3) is 4.66. The summed E-state index contributed by atoms with van der Waals surface area (Å²) in [7, 11) is 0. The Kier molecular flexibility index (Phi) is 6.47. The van der Waals surface area contributed by atoms with Crippen LogP contribution in [-0.2, 0) is 9.59 Å². The highest BCUT2D eigenvalue weighted by Gasteiger charge is 2.20. The number of aliphatic hydroxyl groups excluding tert-OH is 1. The summed E-state index contributed by atoms with van der Waals surface area (Å²) in [5.41, 5.74) is 4.61. The van der Waals surface area contributed by atoms with Crippen LogP contribution < -0.4 is 0 Å². The van der Waals surface area contributed by atoms with Gasteiger partial charge in [-0.3, -0.25) is 9.59 Å². The zero-order chi connectivity index (χ0) is 21.8. The lowest BCUT2D eigenvalue weighted by atomic mass is 9.95. The number of carboxylic acids is 1. The summed E-state index contributed by atoms with van der Waals surface area (Å²) in [6.45, 7) is 4.14. The second kappa shape index (κ2) is 9.05. The number of hydrogen-bond acceptors (Lipinski definition) is 3. The lowest BCUT2D eigenvalue weighted by Gasteiger charge is -2.09. The van der Waals surface area contributed by atoms with Crippen molar-refractivity contribution in [2.24, 2.45) is 0 Å². The van der Waals surface area contributed by atoms with E-state index in [9.17, 15) is 19.1 Å². The first-order valence-corrected chi connectivity index (χ1v) is 9.76. The number of carbonyl (C=O) groups excluding carboxylic acids is 1. The highest BCUT2D eigenvalue weighted by molar-refractivity contribution is 5.95. The fourth-order valence-corrected chi connectivity index (χ4v) is 3.68. The fraction of sp³-hybridized carbons (Fsp3) is 0.250. The molecule has 2 heterocycles. The van der Waals surface area contributed by atoms with Gasteiger partial charge in [-0.1, -0.05) is 32.1 Å². The minimum atomic E-state index is -1.21. The summed E-state index contributed by atoms with van der Waals surface area (Å²) in [4.78, 5) is 22.4. The molecule has 0 fully saturated rings. The lowest BCUT2D eigenvalue weighted by molar-refractivity contribution is -0.140. The average molecular weight is 409 g/mol. The molecular weight excluding hydrogens is 385 g/mol. The van der Waals surface area contributed by atoms with Crippen molar-refractivity contribution in [2.45, 2.75) is 38.7 Å². The third-order valence-corrected chi connectivity index (χ3v) is 4.89. The van der Waals surface area contributed by atoms with Crippen molar-refractivity contribution in [3.63, 3.8) is 0 Å². The van der Waals surface area contributed by atoms with Crippen molar-refractivity contribution in [1.29, 1.82) is 0 Å². The number of aliphatic hydroxyl groups is 1. The summed E-state index contributed by atoms with van der Waals surface area (Å²) < 4.78 is 15.5. The van der Waals surface area contributed by atoms with Crippen molar-refractivity contribution < 1.29 is 24.2 Å². The zero-order valence-electron chi connectivity index (χ0n) is 16.9. The van der Waals surface area contributed by atoms with Crippen LogP contribution in [0, 0.1) is 5.82 Å². The number of aliphatic carboxylic acids is 1. The van der Waals surface area contributed by atoms with E-state index in [-0.39, 0.29) is 18.2 Å². The molecule has 1 aromatic carbocycles. The second-order valence-corrected chi connectivity index (χ2v) is 7.53. The summed E-state index contributed by atoms with van der Waals surface area (Å²) in [6.07, 6.45) is 3.23. The molecule has 0 saturated heterocycles. The minimum Gasteiger partial charge on any atom is -0.481 e. The van der Waals surface area contributed by atoms with Crippen LogP contribution in [0.15, 0.2) is 54.7 Å². The van der Waals surface area contributed by atoms with E-state index in [2.05, 4.69) is 13.8 Å². The molecule has 0 aliphatic rings. The lowest BCUT2D eigenvalue weighted by Crippen LogP contribution is -2.14. The van der Waals surface area contributed by atoms with E-state index in [1.54, 1.807) is 18.2 Å². The molecule has 0 aliphatic heterocycles. The van der Waals surface area contributed by atoms with Gasteiger partial charge in [-0.15, -0.1) is 0 Å². The number of carboxylic acid groups (broad SMARTS) is 1. The number of rotatable bonds is 8. The first kappa shape index (κ1) is 21.5. The zero-order valence-corrected chi connectivity index (χ0v) is 16.9. The topological polar surface area (TPSA) is 79.0 Å². The summed E-state index contributed by atoms with van der Waals surface area (Å²) >= 11 is 0. The Hall–Kier alpha value is -3.25. The van der Waals surface area contributed by atoms with Crippen molar-refractivity contribution >= 4 is 23.3 Å². The molecule has 0 aliphatic carbocycles. The first-order chi connectivity index (χ1) is 14.3. The SMILES string of the molecule is CC(C)c1c(/C=C/C(O)CC(=O)CC(=O)O)c(-c2ccc(F)cc2)n2ccccc12. The van der Waals surface area contributed by atoms with Gasteiger partial charge < -0.3 is 14.6 Å². The summed E-state index contributed by atoms with van der Waals surface area (Å²) in [5, 5.41) is 19.0. The highest BCUT2D eigenvalue weighted by atomic mass is 19.1. The molecule has 0 bridgehead atoms. The van der Waals surface area contributed by atoms with Crippen molar-refractivity contribution in [2.75, 3.05) is 0 Å². The van der Waals surface area contributed by atoms with Crippen LogP contribution in [0.3, 0.4) is 0 Å². The fourth-order valence-electron chi connectivity index (χ4n) is 3.68. The van der Waals surface area contributed by atoms with Gasteiger partial charge in [0.15, 0.2) is 0 Å². The minimum absolute atomic E-state index is 0.169. The predicted molar refractivity (Wildman–Crippen MR) is 114 cm³/mol. The maximum Gasteiger partial charge on any atom is 0.310 e. The van der Waals surface area contributed by atoms with E-state index in [0.717, 1.165) is 27.9 Å². The van der Waals surface area contributed by atoms with Crippen LogP contribution in [0.2, 0.25) is 0 Å². The molecule has 0 saturated carbocycles. The number of halogens is 1. The van der Waals surface area contributed by atoms with Crippen LogP contribution in [0.4, 0.5) is 4.39 Å². The molecule has 3 aromatic rings. The Labute approximate surface area is 174 Å². The van der Waals surface area contributed by atoms with E-state index in [0.29, 0.717) is 0 Å². The highest BCUT2D eigenvalue weighted by Crippen LogP contribution is 2.37. The first-order valence-electron chi connectivity index (χ1n) is 9.76. The normalized spacial score (nSPS) is 12.7. The van der Waals surface area contributed by atoms with Crippen LogP contribution in [0.1, 0.15) is 43.7 Å². The largest absolute Gasteiger partial charge is 0.481 e. The molecule has 3 rings (SSSR count).